The smallest absolute Gasteiger partial charge is 0.255 e. The molecule has 0 saturated carbocycles. The van der Waals surface area contributed by atoms with Crippen molar-refractivity contribution in [3.05, 3.63) is 29.8 Å². The van der Waals surface area contributed by atoms with Gasteiger partial charge in [-0.15, -0.1) is 0 Å². The highest BCUT2D eigenvalue weighted by Crippen LogP contribution is 2.14. The SMILES string of the molecule is CCN(CC)CCCCNC(=O)c1ccccc1O. The van der Waals surface area contributed by atoms with Crippen molar-refractivity contribution >= 4 is 5.91 Å². The van der Waals surface area contributed by atoms with E-state index in [-0.39, 0.29) is 11.7 Å². The first-order chi connectivity index (χ1) is 9.19. The minimum Gasteiger partial charge on any atom is -0.507 e. The van der Waals surface area contributed by atoms with Gasteiger partial charge in [0.25, 0.3) is 5.91 Å². The lowest BCUT2D eigenvalue weighted by atomic mass is 10.2. The highest BCUT2D eigenvalue weighted by molar-refractivity contribution is 5.96. The van der Waals surface area contributed by atoms with Gasteiger partial charge in [-0.25, -0.2) is 0 Å². The van der Waals surface area contributed by atoms with Crippen LogP contribution in [0.4, 0.5) is 0 Å². The summed E-state index contributed by atoms with van der Waals surface area (Å²) in [6.07, 6.45) is 2.03. The van der Waals surface area contributed by atoms with Crippen LogP contribution in [0.15, 0.2) is 24.3 Å². The van der Waals surface area contributed by atoms with Crippen LogP contribution in [0, 0.1) is 0 Å². The standard InChI is InChI=1S/C15H24N2O2/c1-3-17(4-2)12-8-7-11-16-15(19)13-9-5-6-10-14(13)18/h5-6,9-10,18H,3-4,7-8,11-12H2,1-2H3,(H,16,19). The maximum atomic E-state index is 11.8. The molecule has 0 aliphatic carbocycles. The molecular weight excluding hydrogens is 240 g/mol. The fourth-order valence-electron chi connectivity index (χ4n) is 1.96. The van der Waals surface area contributed by atoms with Gasteiger partial charge < -0.3 is 15.3 Å². The zero-order valence-corrected chi connectivity index (χ0v) is 11.9. The lowest BCUT2D eigenvalue weighted by Gasteiger charge is -2.17. The minimum atomic E-state index is -0.207. The van der Waals surface area contributed by atoms with Gasteiger partial charge in [0, 0.05) is 6.54 Å². The van der Waals surface area contributed by atoms with Crippen LogP contribution in [0.5, 0.6) is 5.75 Å². The number of unbranched alkanes of at least 4 members (excludes halogenated alkanes) is 1. The Bertz CT molecular complexity index is 389. The first-order valence-electron chi connectivity index (χ1n) is 6.97. The van der Waals surface area contributed by atoms with E-state index in [0.717, 1.165) is 32.5 Å². The van der Waals surface area contributed by atoms with E-state index < -0.39 is 0 Å². The summed E-state index contributed by atoms with van der Waals surface area (Å²) in [5.41, 5.74) is 0.339. The first kappa shape index (κ1) is 15.5. The third-order valence-corrected chi connectivity index (χ3v) is 3.23. The first-order valence-corrected chi connectivity index (χ1v) is 6.97. The normalized spacial score (nSPS) is 10.7. The van der Waals surface area contributed by atoms with E-state index in [4.69, 9.17) is 0 Å². The number of carbonyl (C=O) groups is 1. The van der Waals surface area contributed by atoms with Gasteiger partial charge in [0.1, 0.15) is 5.75 Å². The number of hydrogen-bond acceptors (Lipinski definition) is 3. The Morgan fingerprint density at radius 3 is 2.53 bits per heavy atom. The van der Waals surface area contributed by atoms with Crippen molar-refractivity contribution in [2.24, 2.45) is 0 Å². The molecule has 1 rings (SSSR count). The molecule has 1 aromatic carbocycles. The highest BCUT2D eigenvalue weighted by Gasteiger charge is 2.08. The summed E-state index contributed by atoms with van der Waals surface area (Å²) in [4.78, 5) is 14.2. The molecule has 4 heteroatoms. The van der Waals surface area contributed by atoms with Crippen molar-refractivity contribution in [1.29, 1.82) is 0 Å². The van der Waals surface area contributed by atoms with Gasteiger partial charge in [-0.05, 0) is 44.6 Å². The molecule has 0 fully saturated rings. The number of rotatable bonds is 8. The number of nitrogens with one attached hydrogen (secondary N) is 1. The summed E-state index contributed by atoms with van der Waals surface area (Å²) < 4.78 is 0. The molecule has 0 atom stereocenters. The van der Waals surface area contributed by atoms with Gasteiger partial charge in [-0.2, -0.15) is 0 Å². The number of hydrogen-bond donors (Lipinski definition) is 2. The van der Waals surface area contributed by atoms with Crippen LogP contribution in [0.1, 0.15) is 37.0 Å². The lowest BCUT2D eigenvalue weighted by Crippen LogP contribution is -2.27. The van der Waals surface area contributed by atoms with Crippen molar-refractivity contribution in [2.75, 3.05) is 26.2 Å². The summed E-state index contributed by atoms with van der Waals surface area (Å²) in [6, 6.07) is 6.60. The van der Waals surface area contributed by atoms with Gasteiger partial charge in [0.2, 0.25) is 0 Å². The fraction of sp³-hybridized carbons (Fsp3) is 0.533. The second-order valence-electron chi connectivity index (χ2n) is 4.51. The number of carbonyl (C=O) groups excluding carboxylic acids is 1. The topological polar surface area (TPSA) is 52.6 Å². The average Bonchev–Trinajstić information content (AvgIpc) is 2.43. The highest BCUT2D eigenvalue weighted by atomic mass is 16.3. The average molecular weight is 264 g/mol. The van der Waals surface area contributed by atoms with Crippen LogP contribution >= 0.6 is 0 Å². The monoisotopic (exact) mass is 264 g/mol. The Morgan fingerprint density at radius 1 is 1.21 bits per heavy atom. The number of nitrogens with zero attached hydrogens (tertiary/aromatic N) is 1. The van der Waals surface area contributed by atoms with E-state index in [2.05, 4.69) is 24.1 Å². The van der Waals surface area contributed by atoms with Gasteiger partial charge in [0.15, 0.2) is 0 Å². The lowest BCUT2D eigenvalue weighted by molar-refractivity contribution is 0.0950. The molecule has 0 unspecified atom stereocenters. The number of benzene rings is 1. The molecule has 0 bridgehead atoms. The molecule has 19 heavy (non-hydrogen) atoms. The van der Waals surface area contributed by atoms with E-state index in [1.807, 2.05) is 0 Å². The summed E-state index contributed by atoms with van der Waals surface area (Å²) in [7, 11) is 0. The van der Waals surface area contributed by atoms with Crippen LogP contribution in [0.2, 0.25) is 0 Å². The molecule has 0 aromatic heterocycles. The van der Waals surface area contributed by atoms with Crippen LogP contribution < -0.4 is 5.32 Å². The third kappa shape index (κ3) is 5.30. The quantitative estimate of drug-likeness (QED) is 0.708. The molecule has 0 saturated heterocycles. The van der Waals surface area contributed by atoms with Crippen LogP contribution in [-0.2, 0) is 0 Å². The summed E-state index contributed by atoms with van der Waals surface area (Å²) >= 11 is 0. The Kier molecular flexibility index (Phi) is 6.97. The maximum absolute atomic E-state index is 11.8. The third-order valence-electron chi connectivity index (χ3n) is 3.23. The van der Waals surface area contributed by atoms with Crippen molar-refractivity contribution in [2.45, 2.75) is 26.7 Å². The second kappa shape index (κ2) is 8.53. The molecule has 0 aliphatic heterocycles. The molecule has 2 N–H and O–H groups in total. The van der Waals surface area contributed by atoms with Crippen LogP contribution in [-0.4, -0.2) is 42.1 Å². The van der Waals surface area contributed by atoms with Crippen molar-refractivity contribution < 1.29 is 9.90 Å². The number of para-hydroxylation sites is 1. The van der Waals surface area contributed by atoms with E-state index in [0.29, 0.717) is 12.1 Å². The maximum Gasteiger partial charge on any atom is 0.255 e. The second-order valence-corrected chi connectivity index (χ2v) is 4.51. The molecule has 1 aromatic rings. The minimum absolute atomic E-state index is 0.0307. The van der Waals surface area contributed by atoms with E-state index in [1.165, 1.54) is 6.07 Å². The Morgan fingerprint density at radius 2 is 1.89 bits per heavy atom. The predicted molar refractivity (Wildman–Crippen MR) is 77.5 cm³/mol. The van der Waals surface area contributed by atoms with Crippen molar-refractivity contribution in [3.8, 4) is 5.75 Å². The zero-order chi connectivity index (χ0) is 14.1. The Labute approximate surface area is 115 Å². The summed E-state index contributed by atoms with van der Waals surface area (Å²) in [6.45, 7) is 8.17. The van der Waals surface area contributed by atoms with Gasteiger partial charge in [0.05, 0.1) is 5.56 Å². The molecule has 0 heterocycles. The molecule has 0 aliphatic rings. The zero-order valence-electron chi connectivity index (χ0n) is 11.9. The van der Waals surface area contributed by atoms with Gasteiger partial charge in [-0.3, -0.25) is 4.79 Å². The van der Waals surface area contributed by atoms with Crippen LogP contribution in [0.25, 0.3) is 0 Å². The molecule has 4 nitrogen and oxygen atoms in total. The fourth-order valence-corrected chi connectivity index (χ4v) is 1.96. The molecule has 1 amide bonds. The van der Waals surface area contributed by atoms with Crippen LogP contribution in [0.3, 0.4) is 0 Å². The van der Waals surface area contributed by atoms with E-state index in [1.54, 1.807) is 18.2 Å². The number of amides is 1. The van der Waals surface area contributed by atoms with Gasteiger partial charge >= 0.3 is 0 Å². The molecule has 106 valence electrons. The predicted octanol–water partition coefficient (Wildman–Crippen LogP) is 2.24. The number of aromatic hydroxyl groups is 1. The molecular formula is C15H24N2O2. The summed E-state index contributed by atoms with van der Waals surface area (Å²) in [5, 5.41) is 12.4. The summed E-state index contributed by atoms with van der Waals surface area (Å²) in [5.74, 6) is -0.177. The van der Waals surface area contributed by atoms with Crippen molar-refractivity contribution in [3.63, 3.8) is 0 Å². The number of phenolic OH excluding ortho intramolecular Hbond substituents is 1. The van der Waals surface area contributed by atoms with Gasteiger partial charge in [-0.1, -0.05) is 26.0 Å². The molecule has 0 spiro atoms. The van der Waals surface area contributed by atoms with E-state index in [9.17, 15) is 9.90 Å². The Balaban J connectivity index is 2.23. The van der Waals surface area contributed by atoms with Crippen molar-refractivity contribution in [1.82, 2.24) is 10.2 Å². The largest absolute Gasteiger partial charge is 0.507 e. The Hall–Kier alpha value is -1.55. The van der Waals surface area contributed by atoms with E-state index >= 15 is 0 Å². The number of phenols is 1. The molecule has 0 radical (unpaired) electrons.